The van der Waals surface area contributed by atoms with E-state index in [1.54, 1.807) is 45.6 Å². The standard InChI is InChI=1S/C28H37NO6/c1-16(2)13-29(14-17(3)4)15-20-21(30)9-18(5)26-27(31)25(35-28(20)26)11-19-10-23(33-7)24(34-8)12-22(19)32-6/h9-12,16-17,30H,13-15H2,1-8H3/b25-11+. The van der Waals surface area contributed by atoms with E-state index in [9.17, 15) is 9.90 Å². The van der Waals surface area contributed by atoms with Crippen LogP contribution in [0.4, 0.5) is 0 Å². The Morgan fingerprint density at radius 1 is 0.943 bits per heavy atom. The van der Waals surface area contributed by atoms with Gasteiger partial charge in [-0.25, -0.2) is 0 Å². The Hall–Kier alpha value is -3.19. The van der Waals surface area contributed by atoms with Crippen molar-refractivity contribution in [3.63, 3.8) is 0 Å². The van der Waals surface area contributed by atoms with Crippen molar-refractivity contribution in [2.75, 3.05) is 34.4 Å². The molecule has 0 saturated carbocycles. The Morgan fingerprint density at radius 3 is 2.06 bits per heavy atom. The molecule has 0 atom stereocenters. The lowest BCUT2D eigenvalue weighted by Gasteiger charge is -2.27. The number of carbonyl (C=O) groups is 1. The molecule has 1 aliphatic rings. The Morgan fingerprint density at radius 2 is 1.51 bits per heavy atom. The van der Waals surface area contributed by atoms with E-state index in [1.807, 2.05) is 6.92 Å². The monoisotopic (exact) mass is 483 g/mol. The van der Waals surface area contributed by atoms with E-state index in [0.717, 1.165) is 13.1 Å². The van der Waals surface area contributed by atoms with Gasteiger partial charge in [0.05, 0.1) is 32.5 Å². The minimum absolute atomic E-state index is 0.136. The summed E-state index contributed by atoms with van der Waals surface area (Å²) >= 11 is 0. The number of phenols is 1. The number of aromatic hydroxyl groups is 1. The molecule has 1 N–H and O–H groups in total. The van der Waals surface area contributed by atoms with Crippen LogP contribution in [0, 0.1) is 18.8 Å². The quantitative estimate of drug-likeness (QED) is 0.450. The van der Waals surface area contributed by atoms with Crippen LogP contribution in [0.15, 0.2) is 24.0 Å². The molecular weight excluding hydrogens is 446 g/mol. The molecule has 0 aliphatic carbocycles. The normalized spacial score (nSPS) is 14.1. The lowest BCUT2D eigenvalue weighted by atomic mass is 9.98. The second kappa shape index (κ2) is 11.0. The maximum absolute atomic E-state index is 13.4. The molecule has 3 rings (SSSR count). The molecule has 1 aliphatic heterocycles. The zero-order chi connectivity index (χ0) is 25.9. The predicted molar refractivity (Wildman–Crippen MR) is 137 cm³/mol. The Balaban J connectivity index is 2.05. The molecule has 0 amide bonds. The van der Waals surface area contributed by atoms with Crippen LogP contribution >= 0.6 is 0 Å². The van der Waals surface area contributed by atoms with Gasteiger partial charge < -0.3 is 24.1 Å². The van der Waals surface area contributed by atoms with Crippen LogP contribution < -0.4 is 18.9 Å². The molecule has 35 heavy (non-hydrogen) atoms. The maximum atomic E-state index is 13.4. The van der Waals surface area contributed by atoms with Crippen LogP contribution in [0.3, 0.4) is 0 Å². The van der Waals surface area contributed by atoms with Crippen molar-refractivity contribution >= 4 is 11.9 Å². The highest BCUT2D eigenvalue weighted by atomic mass is 16.5. The van der Waals surface area contributed by atoms with Gasteiger partial charge in [0.25, 0.3) is 0 Å². The molecule has 1 heterocycles. The van der Waals surface area contributed by atoms with Crippen LogP contribution in [0.2, 0.25) is 0 Å². The third-order valence-electron chi connectivity index (χ3n) is 5.87. The van der Waals surface area contributed by atoms with Gasteiger partial charge in [0.1, 0.15) is 17.2 Å². The average molecular weight is 484 g/mol. The third kappa shape index (κ3) is 5.73. The first kappa shape index (κ1) is 26.4. The zero-order valence-electron chi connectivity index (χ0n) is 22.0. The smallest absolute Gasteiger partial charge is 0.232 e. The van der Waals surface area contributed by atoms with Crippen LogP contribution in [-0.4, -0.2) is 50.2 Å². The van der Waals surface area contributed by atoms with Crippen LogP contribution in [0.1, 0.15) is 54.7 Å². The van der Waals surface area contributed by atoms with Crippen molar-refractivity contribution in [2.45, 2.75) is 41.2 Å². The van der Waals surface area contributed by atoms with Crippen molar-refractivity contribution < 1.29 is 28.8 Å². The summed E-state index contributed by atoms with van der Waals surface area (Å²) in [6.45, 7) is 12.7. The number of rotatable bonds is 10. The maximum Gasteiger partial charge on any atom is 0.232 e. The Labute approximate surface area is 208 Å². The first-order chi connectivity index (χ1) is 16.6. The molecule has 0 bridgehead atoms. The van der Waals surface area contributed by atoms with Crippen molar-refractivity contribution in [3.05, 3.63) is 46.2 Å². The fourth-order valence-electron chi connectivity index (χ4n) is 4.50. The van der Waals surface area contributed by atoms with E-state index in [1.165, 1.54) is 0 Å². The van der Waals surface area contributed by atoms with Gasteiger partial charge >= 0.3 is 0 Å². The molecular formula is C28H37NO6. The number of benzene rings is 2. The molecule has 0 radical (unpaired) electrons. The number of allylic oxidation sites excluding steroid dienone is 1. The summed E-state index contributed by atoms with van der Waals surface area (Å²) in [5, 5.41) is 10.9. The lowest BCUT2D eigenvalue weighted by Crippen LogP contribution is -2.31. The van der Waals surface area contributed by atoms with Crippen LogP contribution in [0.5, 0.6) is 28.7 Å². The van der Waals surface area contributed by atoms with Crippen LogP contribution in [0.25, 0.3) is 6.08 Å². The van der Waals surface area contributed by atoms with Crippen molar-refractivity contribution in [3.8, 4) is 28.7 Å². The number of aryl methyl sites for hydroxylation is 1. The molecule has 0 aromatic heterocycles. The number of carbonyl (C=O) groups excluding carboxylic acids is 1. The average Bonchev–Trinajstić information content (AvgIpc) is 3.11. The number of hydrogen-bond donors (Lipinski definition) is 1. The number of methoxy groups -OCH3 is 3. The van der Waals surface area contributed by atoms with Crippen molar-refractivity contribution in [1.82, 2.24) is 4.90 Å². The Kier molecular flexibility index (Phi) is 8.33. The number of nitrogens with zero attached hydrogens (tertiary/aromatic N) is 1. The van der Waals surface area contributed by atoms with Gasteiger partial charge in [0, 0.05) is 31.3 Å². The van der Waals surface area contributed by atoms with E-state index >= 15 is 0 Å². The molecule has 190 valence electrons. The van der Waals surface area contributed by atoms with Crippen molar-refractivity contribution in [1.29, 1.82) is 0 Å². The highest BCUT2D eigenvalue weighted by Gasteiger charge is 2.34. The Bertz CT molecular complexity index is 1110. The molecule has 0 unspecified atom stereocenters. The van der Waals surface area contributed by atoms with E-state index in [-0.39, 0.29) is 17.3 Å². The third-order valence-corrected chi connectivity index (χ3v) is 5.87. The lowest BCUT2D eigenvalue weighted by molar-refractivity contribution is 0.101. The number of ether oxygens (including phenoxy) is 4. The minimum atomic E-state index is -0.227. The van der Waals surface area contributed by atoms with Gasteiger partial charge in [0.2, 0.25) is 5.78 Å². The summed E-state index contributed by atoms with van der Waals surface area (Å²) in [5.74, 6) is 2.97. The number of fused-ring (bicyclic) bond motifs is 1. The second-order valence-corrected chi connectivity index (χ2v) is 9.77. The molecule has 7 heteroatoms. The van der Waals surface area contributed by atoms with Gasteiger partial charge in [-0.2, -0.15) is 0 Å². The van der Waals surface area contributed by atoms with E-state index in [2.05, 4.69) is 32.6 Å². The summed E-state index contributed by atoms with van der Waals surface area (Å²) in [5.41, 5.74) is 2.40. The summed E-state index contributed by atoms with van der Waals surface area (Å²) in [6, 6.07) is 5.09. The van der Waals surface area contributed by atoms with Gasteiger partial charge in [0.15, 0.2) is 17.3 Å². The number of ketones is 1. The van der Waals surface area contributed by atoms with Crippen LogP contribution in [-0.2, 0) is 6.54 Å². The van der Waals surface area contributed by atoms with E-state index in [0.29, 0.717) is 63.6 Å². The fourth-order valence-corrected chi connectivity index (χ4v) is 4.50. The first-order valence-electron chi connectivity index (χ1n) is 11.9. The largest absolute Gasteiger partial charge is 0.507 e. The summed E-state index contributed by atoms with van der Waals surface area (Å²) in [4.78, 5) is 15.7. The fraction of sp³-hybridized carbons (Fsp3) is 0.464. The topological polar surface area (TPSA) is 77.5 Å². The summed E-state index contributed by atoms with van der Waals surface area (Å²) < 4.78 is 22.4. The van der Waals surface area contributed by atoms with E-state index in [4.69, 9.17) is 18.9 Å². The SMILES string of the molecule is COc1cc(OC)c(OC)cc1/C=C1/Oc2c(CN(CC(C)C)CC(C)C)c(O)cc(C)c2C1=O. The van der Waals surface area contributed by atoms with Gasteiger partial charge in [-0.1, -0.05) is 27.7 Å². The highest BCUT2D eigenvalue weighted by molar-refractivity contribution is 6.16. The zero-order valence-corrected chi connectivity index (χ0v) is 22.0. The summed E-state index contributed by atoms with van der Waals surface area (Å²) in [7, 11) is 4.65. The predicted octanol–water partition coefficient (Wildman–Crippen LogP) is 5.46. The second-order valence-electron chi connectivity index (χ2n) is 9.77. The summed E-state index contributed by atoms with van der Waals surface area (Å²) in [6.07, 6.45) is 1.64. The molecule has 2 aromatic carbocycles. The van der Waals surface area contributed by atoms with Gasteiger partial charge in [-0.3, -0.25) is 9.69 Å². The number of phenolic OH excluding ortho intramolecular Hbond substituents is 1. The number of Topliss-reactive ketones (excluding diaryl/α,β-unsaturated/α-hetero) is 1. The van der Waals surface area contributed by atoms with Gasteiger partial charge in [-0.15, -0.1) is 0 Å². The minimum Gasteiger partial charge on any atom is -0.507 e. The molecule has 0 fully saturated rings. The highest BCUT2D eigenvalue weighted by Crippen LogP contribution is 2.43. The molecule has 2 aromatic rings. The van der Waals surface area contributed by atoms with Gasteiger partial charge in [-0.05, 0) is 42.5 Å². The number of hydrogen-bond acceptors (Lipinski definition) is 7. The molecule has 0 spiro atoms. The first-order valence-corrected chi connectivity index (χ1v) is 11.9. The molecule has 0 saturated heterocycles. The van der Waals surface area contributed by atoms with Crippen molar-refractivity contribution in [2.24, 2.45) is 11.8 Å². The van der Waals surface area contributed by atoms with E-state index < -0.39 is 0 Å². The molecule has 7 nitrogen and oxygen atoms in total.